The number of hydrogen-bond donors (Lipinski definition) is 3. The first-order valence-electron chi connectivity index (χ1n) is 15.3. The van der Waals surface area contributed by atoms with Crippen molar-refractivity contribution in [2.45, 2.75) is 30.3 Å². The molecule has 1 amide bonds. The molecular formula is C39H36N2O4. The van der Waals surface area contributed by atoms with Gasteiger partial charge in [0.05, 0.1) is 5.54 Å². The third kappa shape index (κ3) is 6.24. The van der Waals surface area contributed by atoms with Crippen LogP contribution in [0.1, 0.15) is 46.6 Å². The fourth-order valence-electron chi connectivity index (χ4n) is 6.49. The number of ether oxygens (including phenoxy) is 1. The summed E-state index contributed by atoms with van der Waals surface area (Å²) < 4.78 is 5.63. The summed E-state index contributed by atoms with van der Waals surface area (Å²) in [4.78, 5) is 25.1. The van der Waals surface area contributed by atoms with Crippen molar-refractivity contribution in [3.8, 4) is 11.1 Å². The van der Waals surface area contributed by atoms with Crippen molar-refractivity contribution in [1.29, 1.82) is 0 Å². The van der Waals surface area contributed by atoms with Gasteiger partial charge in [-0.05, 0) is 58.3 Å². The Morgan fingerprint density at radius 3 is 1.58 bits per heavy atom. The summed E-state index contributed by atoms with van der Waals surface area (Å²) in [5.41, 5.74) is 7.06. The lowest BCUT2D eigenvalue weighted by Gasteiger charge is -2.37. The molecule has 0 radical (unpaired) electrons. The summed E-state index contributed by atoms with van der Waals surface area (Å²) >= 11 is 0. The Bertz CT molecular complexity index is 1600. The third-order valence-electron chi connectivity index (χ3n) is 8.61. The second kappa shape index (κ2) is 13.6. The highest BCUT2D eigenvalue weighted by atomic mass is 16.5. The number of carbonyl (C=O) groups is 2. The van der Waals surface area contributed by atoms with E-state index in [0.717, 1.165) is 38.9 Å². The van der Waals surface area contributed by atoms with Crippen LogP contribution in [0.2, 0.25) is 0 Å². The minimum atomic E-state index is -1.09. The Balaban J connectivity index is 1.12. The first-order valence-corrected chi connectivity index (χ1v) is 15.3. The van der Waals surface area contributed by atoms with Crippen LogP contribution in [0.15, 0.2) is 140 Å². The zero-order chi connectivity index (χ0) is 31.1. The van der Waals surface area contributed by atoms with Gasteiger partial charge in [0.25, 0.3) is 0 Å². The molecule has 0 saturated carbocycles. The van der Waals surface area contributed by atoms with Crippen molar-refractivity contribution in [3.05, 3.63) is 167 Å². The smallest absolute Gasteiger partial charge is 0.407 e. The van der Waals surface area contributed by atoms with E-state index in [-0.39, 0.29) is 18.9 Å². The van der Waals surface area contributed by atoms with Gasteiger partial charge < -0.3 is 15.2 Å². The number of carboxylic acids is 1. The van der Waals surface area contributed by atoms with E-state index >= 15 is 0 Å². The minimum absolute atomic E-state index is 0.0993. The average Bonchev–Trinajstić information content (AvgIpc) is 3.41. The average molecular weight is 597 g/mol. The number of carbonyl (C=O) groups excluding carboxylic acids is 1. The quantitative estimate of drug-likeness (QED) is 0.104. The molecule has 1 aliphatic carbocycles. The summed E-state index contributed by atoms with van der Waals surface area (Å²) in [7, 11) is 0. The molecule has 0 bridgehead atoms. The van der Waals surface area contributed by atoms with Crippen LogP contribution in [0.5, 0.6) is 0 Å². The van der Waals surface area contributed by atoms with E-state index in [9.17, 15) is 14.7 Å². The van der Waals surface area contributed by atoms with Crippen LogP contribution in [0.4, 0.5) is 4.79 Å². The largest absolute Gasteiger partial charge is 0.480 e. The van der Waals surface area contributed by atoms with Crippen molar-refractivity contribution in [3.63, 3.8) is 0 Å². The first kappa shape index (κ1) is 29.9. The standard InChI is InChI=1S/C39H36N2O4/c42-37(43)36(41-38(44)45-27-35-33-23-12-10-21-31(33)32-22-11-13-24-34(32)35)25-14-26-40-39(28-15-4-1-5-16-28,29-17-6-2-7-18-29)30-19-8-3-9-20-30/h1-13,15-24,35-36,40H,14,25-27H2,(H,41,44)(H,42,43)/t36-/m1/s1. The fourth-order valence-corrected chi connectivity index (χ4v) is 6.49. The topological polar surface area (TPSA) is 87.7 Å². The molecule has 5 aromatic rings. The number of benzene rings is 5. The van der Waals surface area contributed by atoms with Gasteiger partial charge in [-0.2, -0.15) is 0 Å². The number of alkyl carbamates (subject to hydrolysis) is 1. The Hall–Kier alpha value is -5.20. The molecule has 226 valence electrons. The molecule has 0 aliphatic heterocycles. The number of rotatable bonds is 12. The highest BCUT2D eigenvalue weighted by molar-refractivity contribution is 5.81. The van der Waals surface area contributed by atoms with E-state index in [0.29, 0.717) is 13.0 Å². The van der Waals surface area contributed by atoms with Crippen molar-refractivity contribution in [1.82, 2.24) is 10.6 Å². The Morgan fingerprint density at radius 2 is 1.11 bits per heavy atom. The van der Waals surface area contributed by atoms with Gasteiger partial charge in [-0.1, -0.05) is 140 Å². The third-order valence-corrected chi connectivity index (χ3v) is 8.61. The molecule has 0 unspecified atom stereocenters. The van der Waals surface area contributed by atoms with E-state index < -0.39 is 23.6 Å². The molecule has 0 fully saturated rings. The van der Waals surface area contributed by atoms with Crippen LogP contribution < -0.4 is 10.6 Å². The second-order valence-electron chi connectivity index (χ2n) is 11.3. The van der Waals surface area contributed by atoms with Crippen LogP contribution in [0, 0.1) is 0 Å². The molecule has 3 N–H and O–H groups in total. The summed E-state index contributed by atoms with van der Waals surface area (Å²) in [5.74, 6) is -1.19. The predicted molar refractivity (Wildman–Crippen MR) is 176 cm³/mol. The van der Waals surface area contributed by atoms with E-state index in [1.807, 2.05) is 78.9 Å². The van der Waals surface area contributed by atoms with Gasteiger partial charge in [0.15, 0.2) is 0 Å². The molecule has 45 heavy (non-hydrogen) atoms. The number of nitrogens with one attached hydrogen (secondary N) is 2. The Kier molecular flexibility index (Phi) is 9.04. The summed E-state index contributed by atoms with van der Waals surface area (Å²) in [6.45, 7) is 0.635. The molecule has 0 saturated heterocycles. The van der Waals surface area contributed by atoms with E-state index in [2.05, 4.69) is 71.3 Å². The summed E-state index contributed by atoms with van der Waals surface area (Å²) in [5, 5.41) is 16.3. The zero-order valence-corrected chi connectivity index (χ0v) is 24.9. The highest BCUT2D eigenvalue weighted by Gasteiger charge is 2.36. The SMILES string of the molecule is O=C(N[C@H](CCCNC(c1ccccc1)(c1ccccc1)c1ccccc1)C(=O)O)OCC1c2ccccc2-c2ccccc21. The molecule has 0 heterocycles. The zero-order valence-electron chi connectivity index (χ0n) is 24.9. The molecule has 6 nitrogen and oxygen atoms in total. The number of hydrogen-bond acceptors (Lipinski definition) is 4. The minimum Gasteiger partial charge on any atom is -0.480 e. The highest BCUT2D eigenvalue weighted by Crippen LogP contribution is 2.44. The summed E-state index contributed by atoms with van der Waals surface area (Å²) in [6.07, 6.45) is 0.0139. The van der Waals surface area contributed by atoms with Crippen LogP contribution in [-0.4, -0.2) is 36.4 Å². The Morgan fingerprint density at radius 1 is 0.667 bits per heavy atom. The fraction of sp³-hybridized carbons (Fsp3) is 0.179. The van der Waals surface area contributed by atoms with Gasteiger partial charge in [0.2, 0.25) is 0 Å². The lowest BCUT2D eigenvalue weighted by molar-refractivity contribution is -0.139. The normalized spacial score (nSPS) is 13.0. The van der Waals surface area contributed by atoms with Gasteiger partial charge in [0, 0.05) is 5.92 Å². The number of amides is 1. The predicted octanol–water partition coefficient (Wildman–Crippen LogP) is 7.34. The van der Waals surface area contributed by atoms with Crippen molar-refractivity contribution >= 4 is 12.1 Å². The van der Waals surface area contributed by atoms with Gasteiger partial charge >= 0.3 is 12.1 Å². The van der Waals surface area contributed by atoms with E-state index in [4.69, 9.17) is 4.74 Å². The molecule has 6 rings (SSSR count). The van der Waals surface area contributed by atoms with Crippen LogP contribution >= 0.6 is 0 Å². The molecular weight excluding hydrogens is 560 g/mol. The monoisotopic (exact) mass is 596 g/mol. The van der Waals surface area contributed by atoms with Gasteiger partial charge in [-0.3, -0.25) is 5.32 Å². The van der Waals surface area contributed by atoms with E-state index in [1.54, 1.807) is 0 Å². The van der Waals surface area contributed by atoms with Gasteiger partial charge in [-0.15, -0.1) is 0 Å². The molecule has 0 aromatic heterocycles. The maximum absolute atomic E-state index is 12.9. The maximum atomic E-state index is 12.9. The maximum Gasteiger partial charge on any atom is 0.407 e. The molecule has 5 aromatic carbocycles. The van der Waals surface area contributed by atoms with Crippen molar-refractivity contribution in [2.75, 3.05) is 13.2 Å². The van der Waals surface area contributed by atoms with Crippen LogP contribution in [-0.2, 0) is 15.1 Å². The lowest BCUT2D eigenvalue weighted by Crippen LogP contribution is -2.46. The lowest BCUT2D eigenvalue weighted by atomic mass is 9.77. The molecule has 1 aliphatic rings. The van der Waals surface area contributed by atoms with Crippen molar-refractivity contribution in [2.24, 2.45) is 0 Å². The Labute approximate surface area is 263 Å². The summed E-state index contributed by atoms with van der Waals surface area (Å²) in [6, 6.07) is 45.9. The number of aliphatic carboxylic acids is 1. The number of carboxylic acid groups (broad SMARTS) is 1. The molecule has 1 atom stereocenters. The van der Waals surface area contributed by atoms with Crippen LogP contribution in [0.25, 0.3) is 11.1 Å². The van der Waals surface area contributed by atoms with E-state index in [1.165, 1.54) is 0 Å². The number of fused-ring (bicyclic) bond motifs is 3. The molecule has 0 spiro atoms. The van der Waals surface area contributed by atoms with Gasteiger partial charge in [-0.25, -0.2) is 9.59 Å². The van der Waals surface area contributed by atoms with Crippen LogP contribution in [0.3, 0.4) is 0 Å². The molecule has 6 heteroatoms. The van der Waals surface area contributed by atoms with Crippen molar-refractivity contribution < 1.29 is 19.4 Å². The second-order valence-corrected chi connectivity index (χ2v) is 11.3. The van der Waals surface area contributed by atoms with Gasteiger partial charge in [0.1, 0.15) is 12.6 Å². The first-order chi connectivity index (χ1) is 22.1.